The first-order valence-corrected chi connectivity index (χ1v) is 13.2. The van der Waals surface area contributed by atoms with Gasteiger partial charge in [0, 0.05) is 31.2 Å². The first-order valence-electron chi connectivity index (χ1n) is 11.3. The highest BCUT2D eigenvalue weighted by molar-refractivity contribution is 7.90. The molecule has 2 atom stereocenters. The van der Waals surface area contributed by atoms with Gasteiger partial charge in [-0.25, -0.2) is 22.0 Å². The summed E-state index contributed by atoms with van der Waals surface area (Å²) in [7, 11) is -3.38. The number of halogens is 2. The second-order valence-electron chi connectivity index (χ2n) is 10.1. The van der Waals surface area contributed by atoms with Crippen molar-refractivity contribution in [1.82, 2.24) is 4.90 Å². The van der Waals surface area contributed by atoms with Crippen LogP contribution in [0.15, 0.2) is 41.3 Å². The predicted octanol–water partition coefficient (Wildman–Crippen LogP) is 4.30. The van der Waals surface area contributed by atoms with Crippen LogP contribution < -0.4 is 4.74 Å². The minimum Gasteiger partial charge on any atom is -0.483 e. The molecule has 2 aliphatic heterocycles. The van der Waals surface area contributed by atoms with Gasteiger partial charge >= 0.3 is 6.09 Å². The molecule has 0 aliphatic carbocycles. The smallest absolute Gasteiger partial charge is 0.410 e. The molecule has 0 saturated carbocycles. The Kier molecular flexibility index (Phi) is 6.80. The van der Waals surface area contributed by atoms with Gasteiger partial charge in [-0.05, 0) is 56.2 Å². The van der Waals surface area contributed by atoms with Gasteiger partial charge in [-0.15, -0.1) is 0 Å². The van der Waals surface area contributed by atoms with Gasteiger partial charge in [-0.2, -0.15) is 0 Å². The summed E-state index contributed by atoms with van der Waals surface area (Å²) in [4.78, 5) is 14.3. The van der Waals surface area contributed by atoms with E-state index in [0.717, 1.165) is 18.4 Å². The number of ether oxygens (including phenoxy) is 3. The number of hydrogen-bond acceptors (Lipinski definition) is 6. The van der Waals surface area contributed by atoms with Gasteiger partial charge in [0.25, 0.3) is 0 Å². The van der Waals surface area contributed by atoms with E-state index in [2.05, 4.69) is 0 Å². The summed E-state index contributed by atoms with van der Waals surface area (Å²) in [5.74, 6) is -2.73. The predicted molar refractivity (Wildman–Crippen MR) is 125 cm³/mol. The molecule has 2 bridgehead atoms. The lowest BCUT2D eigenvalue weighted by Gasteiger charge is -2.46. The largest absolute Gasteiger partial charge is 0.483 e. The van der Waals surface area contributed by atoms with Crippen LogP contribution in [0.25, 0.3) is 11.1 Å². The molecular weight excluding hydrogens is 480 g/mol. The Hall–Kier alpha value is -2.72. The number of sulfone groups is 1. The maximum absolute atomic E-state index is 15.0. The highest BCUT2D eigenvalue weighted by Gasteiger charge is 2.44. The first-order chi connectivity index (χ1) is 16.3. The lowest BCUT2D eigenvalue weighted by Crippen LogP contribution is -2.59. The van der Waals surface area contributed by atoms with Crippen molar-refractivity contribution >= 4 is 15.9 Å². The number of nitrogens with zero attached hydrogens (tertiary/aromatic N) is 1. The van der Waals surface area contributed by atoms with Crippen molar-refractivity contribution in [3.05, 3.63) is 48.0 Å². The average molecular weight is 510 g/mol. The third-order valence-corrected chi connectivity index (χ3v) is 7.15. The van der Waals surface area contributed by atoms with Crippen LogP contribution in [-0.2, 0) is 19.3 Å². The average Bonchev–Trinajstić information content (AvgIpc) is 2.74. The van der Waals surface area contributed by atoms with Crippen LogP contribution in [0.5, 0.6) is 5.75 Å². The van der Waals surface area contributed by atoms with E-state index in [-0.39, 0.29) is 22.3 Å². The molecule has 0 aromatic heterocycles. The fourth-order valence-electron chi connectivity index (χ4n) is 4.44. The molecule has 190 valence electrons. The molecule has 2 fully saturated rings. The van der Waals surface area contributed by atoms with Crippen molar-refractivity contribution in [1.29, 1.82) is 0 Å². The SMILES string of the molecule is CC(C)(C)OC(=O)N1CC2COCC(C1)C2Oc1c(F)cc(-c2ccc(S(C)(=O)=O)cc2)cc1F. The second kappa shape index (κ2) is 9.39. The molecule has 10 heteroatoms. The number of likely N-dealkylation sites (tertiary alicyclic amines) is 1. The van der Waals surface area contributed by atoms with E-state index >= 15 is 8.78 Å². The highest BCUT2D eigenvalue weighted by Crippen LogP contribution is 2.36. The van der Waals surface area contributed by atoms with Crippen LogP contribution in [0.3, 0.4) is 0 Å². The Morgan fingerprint density at radius 3 is 2.03 bits per heavy atom. The molecular formula is C25H29F2NO6S. The summed E-state index contributed by atoms with van der Waals surface area (Å²) < 4.78 is 70.3. The summed E-state index contributed by atoms with van der Waals surface area (Å²) in [5.41, 5.74) is 0.100. The Bertz CT molecular complexity index is 1170. The van der Waals surface area contributed by atoms with Gasteiger partial charge in [-0.1, -0.05) is 12.1 Å². The van der Waals surface area contributed by atoms with Crippen molar-refractivity contribution in [2.75, 3.05) is 32.6 Å². The molecule has 1 amide bonds. The van der Waals surface area contributed by atoms with Crippen molar-refractivity contribution in [2.24, 2.45) is 11.8 Å². The standard InChI is InChI=1S/C25H29F2NO6S/c1-25(2,3)34-24(29)28-11-17-13-32-14-18(12-28)22(17)33-23-20(26)9-16(10-21(23)27)15-5-7-19(8-6-15)35(4,30)31/h5-10,17-18,22H,11-14H2,1-4H3. The van der Waals surface area contributed by atoms with Crippen LogP contribution in [0, 0.1) is 23.5 Å². The molecule has 2 aromatic rings. The number of fused-ring (bicyclic) bond motifs is 2. The minimum atomic E-state index is -3.38. The maximum Gasteiger partial charge on any atom is 0.410 e. The monoisotopic (exact) mass is 509 g/mol. The summed E-state index contributed by atoms with van der Waals surface area (Å²) >= 11 is 0. The Morgan fingerprint density at radius 2 is 1.54 bits per heavy atom. The Labute approximate surface area is 203 Å². The molecule has 2 unspecified atom stereocenters. The molecule has 2 aliphatic rings. The van der Waals surface area contributed by atoms with Gasteiger partial charge < -0.3 is 19.1 Å². The Morgan fingerprint density at radius 1 is 1.00 bits per heavy atom. The minimum absolute atomic E-state index is 0.119. The van der Waals surface area contributed by atoms with Crippen molar-refractivity contribution in [3.63, 3.8) is 0 Å². The van der Waals surface area contributed by atoms with Gasteiger partial charge in [-0.3, -0.25) is 0 Å². The van der Waals surface area contributed by atoms with E-state index in [1.807, 2.05) is 0 Å². The van der Waals surface area contributed by atoms with Crippen molar-refractivity contribution < 1.29 is 36.2 Å². The van der Waals surface area contributed by atoms with E-state index < -0.39 is 45.0 Å². The van der Waals surface area contributed by atoms with Crippen LogP contribution >= 0.6 is 0 Å². The van der Waals surface area contributed by atoms with Gasteiger partial charge in [0.1, 0.15) is 11.7 Å². The molecule has 4 rings (SSSR count). The maximum atomic E-state index is 15.0. The van der Waals surface area contributed by atoms with Crippen LogP contribution in [0.4, 0.5) is 13.6 Å². The van der Waals surface area contributed by atoms with Crippen LogP contribution in [-0.4, -0.2) is 63.7 Å². The number of hydrogen-bond donors (Lipinski definition) is 0. The summed E-state index contributed by atoms with van der Waals surface area (Å²) in [5, 5.41) is 0. The van der Waals surface area contributed by atoms with E-state index in [1.165, 1.54) is 24.3 Å². The number of benzene rings is 2. The number of rotatable bonds is 4. The van der Waals surface area contributed by atoms with E-state index in [4.69, 9.17) is 14.2 Å². The third-order valence-electron chi connectivity index (χ3n) is 6.02. The zero-order chi connectivity index (χ0) is 25.5. The van der Waals surface area contributed by atoms with E-state index in [0.29, 0.717) is 31.9 Å². The van der Waals surface area contributed by atoms with Crippen LogP contribution in [0.1, 0.15) is 20.8 Å². The quantitative estimate of drug-likeness (QED) is 0.612. The van der Waals surface area contributed by atoms with E-state index in [1.54, 1.807) is 25.7 Å². The number of carbonyl (C=O) groups excluding carboxylic acids is 1. The summed E-state index contributed by atoms with van der Waals surface area (Å²) in [6.07, 6.45) is 0.133. The van der Waals surface area contributed by atoms with E-state index in [9.17, 15) is 13.2 Å². The summed E-state index contributed by atoms with van der Waals surface area (Å²) in [6.45, 7) is 6.57. The molecule has 2 heterocycles. The van der Waals surface area contributed by atoms with Crippen molar-refractivity contribution in [3.8, 4) is 16.9 Å². The molecule has 0 radical (unpaired) electrons. The molecule has 7 nitrogen and oxygen atoms in total. The lowest BCUT2D eigenvalue weighted by atomic mass is 9.84. The first kappa shape index (κ1) is 25.4. The third kappa shape index (κ3) is 5.75. The molecule has 0 spiro atoms. The zero-order valence-electron chi connectivity index (χ0n) is 20.1. The topological polar surface area (TPSA) is 82.1 Å². The van der Waals surface area contributed by atoms with Gasteiger partial charge in [0.2, 0.25) is 0 Å². The fourth-order valence-corrected chi connectivity index (χ4v) is 5.07. The lowest BCUT2D eigenvalue weighted by molar-refractivity contribution is -0.113. The highest BCUT2D eigenvalue weighted by atomic mass is 32.2. The number of carbonyl (C=O) groups is 1. The zero-order valence-corrected chi connectivity index (χ0v) is 20.9. The molecule has 35 heavy (non-hydrogen) atoms. The number of piperidine rings is 1. The number of amides is 1. The normalized spacial score (nSPS) is 22.6. The Balaban J connectivity index is 1.52. The summed E-state index contributed by atoms with van der Waals surface area (Å²) in [6, 6.07) is 8.11. The molecule has 0 N–H and O–H groups in total. The fraction of sp³-hybridized carbons (Fsp3) is 0.480. The molecule has 2 saturated heterocycles. The second-order valence-corrected chi connectivity index (χ2v) is 12.1. The van der Waals surface area contributed by atoms with Gasteiger partial charge in [0.05, 0.1) is 18.1 Å². The van der Waals surface area contributed by atoms with Gasteiger partial charge in [0.15, 0.2) is 27.2 Å². The van der Waals surface area contributed by atoms with Crippen molar-refractivity contribution in [2.45, 2.75) is 37.4 Å². The van der Waals surface area contributed by atoms with Crippen LogP contribution in [0.2, 0.25) is 0 Å². The molecule has 2 aromatic carbocycles.